The summed E-state index contributed by atoms with van der Waals surface area (Å²) in [6, 6.07) is 7.75. The lowest BCUT2D eigenvalue weighted by Crippen LogP contribution is -2.36. The van der Waals surface area contributed by atoms with Gasteiger partial charge in [0.25, 0.3) is 0 Å². The molecule has 23 heavy (non-hydrogen) atoms. The van der Waals surface area contributed by atoms with Crippen molar-refractivity contribution in [2.45, 2.75) is 19.3 Å². The second kappa shape index (κ2) is 8.53. The first-order valence-electron chi connectivity index (χ1n) is 7.93. The maximum Gasteiger partial charge on any atom is 0.317 e. The summed E-state index contributed by atoms with van der Waals surface area (Å²) in [4.78, 5) is 26.9. The van der Waals surface area contributed by atoms with Gasteiger partial charge in [-0.25, -0.2) is 0 Å². The topological polar surface area (TPSA) is 70.1 Å². The van der Waals surface area contributed by atoms with E-state index in [0.29, 0.717) is 32.5 Å². The van der Waals surface area contributed by atoms with Gasteiger partial charge in [-0.2, -0.15) is 0 Å². The van der Waals surface area contributed by atoms with Gasteiger partial charge in [0.2, 0.25) is 5.91 Å². The van der Waals surface area contributed by atoms with Crippen LogP contribution in [0.1, 0.15) is 18.4 Å². The van der Waals surface area contributed by atoms with Crippen LogP contribution in [0.3, 0.4) is 0 Å². The van der Waals surface area contributed by atoms with Gasteiger partial charge >= 0.3 is 5.97 Å². The molecular weight excluding hydrogens is 296 g/mol. The molecule has 1 aromatic carbocycles. The summed E-state index contributed by atoms with van der Waals surface area (Å²) in [5.41, 5.74) is 1.11. The van der Waals surface area contributed by atoms with Crippen LogP contribution in [0.5, 0.6) is 5.75 Å². The number of amides is 1. The van der Waals surface area contributed by atoms with Gasteiger partial charge in [0.05, 0.1) is 13.7 Å². The van der Waals surface area contributed by atoms with Crippen molar-refractivity contribution < 1.29 is 19.4 Å². The Labute approximate surface area is 136 Å². The van der Waals surface area contributed by atoms with Crippen molar-refractivity contribution in [3.05, 3.63) is 29.8 Å². The van der Waals surface area contributed by atoms with E-state index < -0.39 is 5.97 Å². The van der Waals surface area contributed by atoms with Gasteiger partial charge in [0.15, 0.2) is 0 Å². The molecule has 0 unspecified atom stereocenters. The first kappa shape index (κ1) is 17.3. The highest BCUT2D eigenvalue weighted by Gasteiger charge is 2.19. The molecule has 1 amide bonds. The molecule has 0 aliphatic carbocycles. The molecule has 0 atom stereocenters. The van der Waals surface area contributed by atoms with Gasteiger partial charge < -0.3 is 14.7 Å². The van der Waals surface area contributed by atoms with E-state index in [1.54, 1.807) is 7.11 Å². The second-order valence-electron chi connectivity index (χ2n) is 5.75. The first-order chi connectivity index (χ1) is 11.1. The summed E-state index contributed by atoms with van der Waals surface area (Å²) in [5.74, 6) is 0.133. The third-order valence-corrected chi connectivity index (χ3v) is 4.09. The molecule has 0 bridgehead atoms. The van der Waals surface area contributed by atoms with Crippen LogP contribution in [0.15, 0.2) is 24.3 Å². The summed E-state index contributed by atoms with van der Waals surface area (Å²) in [7, 11) is 1.63. The molecule has 0 saturated carbocycles. The average Bonchev–Trinajstić information content (AvgIpc) is 2.78. The van der Waals surface area contributed by atoms with E-state index in [4.69, 9.17) is 9.84 Å². The Morgan fingerprint density at radius 2 is 1.87 bits per heavy atom. The fourth-order valence-corrected chi connectivity index (χ4v) is 2.77. The van der Waals surface area contributed by atoms with Crippen LogP contribution in [0, 0.1) is 0 Å². The number of carbonyl (C=O) groups is 2. The minimum atomic E-state index is -0.815. The van der Waals surface area contributed by atoms with Crippen LogP contribution < -0.4 is 4.74 Å². The van der Waals surface area contributed by atoms with Crippen molar-refractivity contribution in [1.82, 2.24) is 9.80 Å². The highest BCUT2D eigenvalue weighted by atomic mass is 16.5. The van der Waals surface area contributed by atoms with E-state index in [9.17, 15) is 9.59 Å². The van der Waals surface area contributed by atoms with Gasteiger partial charge in [-0.05, 0) is 30.5 Å². The number of ether oxygens (including phenoxy) is 1. The number of methoxy groups -OCH3 is 1. The Bertz CT molecular complexity index is 530. The number of nitrogens with zero attached hydrogens (tertiary/aromatic N) is 2. The standard InChI is InChI=1S/C17H24N2O4/c1-23-15-6-3-14(4-7-15)5-8-16(20)19-10-2-9-18(11-12-19)13-17(21)22/h3-4,6-7H,2,5,8-13H2,1H3,(H,21,22). The van der Waals surface area contributed by atoms with Crippen LogP contribution in [-0.4, -0.2) is 66.6 Å². The Hall–Kier alpha value is -2.08. The summed E-state index contributed by atoms with van der Waals surface area (Å²) in [5, 5.41) is 8.85. The molecule has 0 radical (unpaired) electrons. The number of rotatable bonds is 6. The normalized spacial score (nSPS) is 16.0. The number of hydrogen-bond donors (Lipinski definition) is 1. The molecule has 6 nitrogen and oxygen atoms in total. The van der Waals surface area contributed by atoms with Crippen molar-refractivity contribution in [2.75, 3.05) is 39.8 Å². The Morgan fingerprint density at radius 1 is 1.13 bits per heavy atom. The molecule has 0 aromatic heterocycles. The van der Waals surface area contributed by atoms with Crippen molar-refractivity contribution in [1.29, 1.82) is 0 Å². The van der Waals surface area contributed by atoms with Gasteiger partial charge in [0, 0.05) is 32.6 Å². The summed E-state index contributed by atoms with van der Waals surface area (Å²) >= 11 is 0. The summed E-state index contributed by atoms with van der Waals surface area (Å²) < 4.78 is 5.12. The Morgan fingerprint density at radius 3 is 2.52 bits per heavy atom. The van der Waals surface area contributed by atoms with Gasteiger partial charge in [-0.1, -0.05) is 12.1 Å². The minimum absolute atomic E-state index is 0.0495. The van der Waals surface area contributed by atoms with E-state index in [1.807, 2.05) is 34.1 Å². The molecule has 1 heterocycles. The lowest BCUT2D eigenvalue weighted by molar-refractivity contribution is -0.138. The van der Waals surface area contributed by atoms with Gasteiger partial charge in [-0.3, -0.25) is 14.5 Å². The quantitative estimate of drug-likeness (QED) is 0.854. The van der Waals surface area contributed by atoms with E-state index >= 15 is 0 Å². The molecule has 0 spiro atoms. The number of carboxylic acids is 1. The smallest absolute Gasteiger partial charge is 0.317 e. The van der Waals surface area contributed by atoms with E-state index in [1.165, 1.54) is 0 Å². The van der Waals surface area contributed by atoms with Crippen LogP contribution in [0.2, 0.25) is 0 Å². The van der Waals surface area contributed by atoms with Crippen LogP contribution in [-0.2, 0) is 16.0 Å². The molecular formula is C17H24N2O4. The van der Waals surface area contributed by atoms with E-state index in [0.717, 1.165) is 24.3 Å². The van der Waals surface area contributed by atoms with Crippen molar-refractivity contribution in [2.24, 2.45) is 0 Å². The number of aryl methyl sites for hydroxylation is 1. The zero-order chi connectivity index (χ0) is 16.7. The number of carboxylic acid groups (broad SMARTS) is 1. The predicted octanol–water partition coefficient (Wildman–Crippen LogP) is 1.25. The predicted molar refractivity (Wildman–Crippen MR) is 86.6 cm³/mol. The molecule has 1 N–H and O–H groups in total. The van der Waals surface area contributed by atoms with Gasteiger partial charge in [0.1, 0.15) is 5.75 Å². The zero-order valence-corrected chi connectivity index (χ0v) is 13.5. The fraction of sp³-hybridized carbons (Fsp3) is 0.529. The highest BCUT2D eigenvalue weighted by Crippen LogP contribution is 2.13. The maximum atomic E-state index is 12.3. The number of benzene rings is 1. The molecule has 1 saturated heterocycles. The number of hydrogen-bond acceptors (Lipinski definition) is 4. The summed E-state index contributed by atoms with van der Waals surface area (Å²) in [6.07, 6.45) is 2.00. The number of aliphatic carboxylic acids is 1. The zero-order valence-electron chi connectivity index (χ0n) is 13.5. The molecule has 1 aliphatic heterocycles. The Balaban J connectivity index is 1.79. The largest absolute Gasteiger partial charge is 0.497 e. The number of carbonyl (C=O) groups excluding carboxylic acids is 1. The third-order valence-electron chi connectivity index (χ3n) is 4.09. The van der Waals surface area contributed by atoms with Crippen LogP contribution in [0.4, 0.5) is 0 Å². The molecule has 1 aromatic rings. The molecule has 1 aliphatic rings. The molecule has 126 valence electrons. The molecule has 1 fully saturated rings. The minimum Gasteiger partial charge on any atom is -0.497 e. The molecule has 2 rings (SSSR count). The fourth-order valence-electron chi connectivity index (χ4n) is 2.77. The van der Waals surface area contributed by atoms with Crippen molar-refractivity contribution in [3.8, 4) is 5.75 Å². The average molecular weight is 320 g/mol. The van der Waals surface area contributed by atoms with E-state index in [-0.39, 0.29) is 12.5 Å². The highest BCUT2D eigenvalue weighted by molar-refractivity contribution is 5.76. The maximum absolute atomic E-state index is 12.3. The van der Waals surface area contributed by atoms with Gasteiger partial charge in [-0.15, -0.1) is 0 Å². The summed E-state index contributed by atoms with van der Waals surface area (Å²) in [6.45, 7) is 2.72. The Kier molecular flexibility index (Phi) is 6.40. The van der Waals surface area contributed by atoms with Crippen molar-refractivity contribution in [3.63, 3.8) is 0 Å². The van der Waals surface area contributed by atoms with Crippen LogP contribution in [0.25, 0.3) is 0 Å². The first-order valence-corrected chi connectivity index (χ1v) is 7.93. The van der Waals surface area contributed by atoms with Crippen LogP contribution >= 0.6 is 0 Å². The molecule has 6 heteroatoms. The lowest BCUT2D eigenvalue weighted by atomic mass is 10.1. The monoisotopic (exact) mass is 320 g/mol. The van der Waals surface area contributed by atoms with Crippen molar-refractivity contribution >= 4 is 11.9 Å². The SMILES string of the molecule is COc1ccc(CCC(=O)N2CCCN(CC(=O)O)CC2)cc1. The lowest BCUT2D eigenvalue weighted by Gasteiger charge is -2.21. The van der Waals surface area contributed by atoms with E-state index in [2.05, 4.69) is 0 Å². The second-order valence-corrected chi connectivity index (χ2v) is 5.75. The third kappa shape index (κ3) is 5.56.